The second-order valence-corrected chi connectivity index (χ2v) is 4.70. The van der Waals surface area contributed by atoms with E-state index in [1.54, 1.807) is 0 Å². The highest BCUT2D eigenvalue weighted by Gasteiger charge is 2.54. The zero-order valence-electron chi connectivity index (χ0n) is 8.05. The van der Waals surface area contributed by atoms with Crippen molar-refractivity contribution in [1.82, 2.24) is 5.32 Å². The second-order valence-electron chi connectivity index (χ2n) is 4.70. The Labute approximate surface area is 78.5 Å². The Morgan fingerprint density at radius 2 is 2.15 bits per heavy atom. The van der Waals surface area contributed by atoms with Gasteiger partial charge < -0.3 is 10.4 Å². The summed E-state index contributed by atoms with van der Waals surface area (Å²) >= 11 is 0. The molecule has 2 aliphatic carbocycles. The first-order valence-electron chi connectivity index (χ1n) is 5.05. The summed E-state index contributed by atoms with van der Waals surface area (Å²) < 4.78 is 0. The quantitative estimate of drug-likeness (QED) is 0.670. The zero-order chi connectivity index (χ0) is 9.47. The van der Waals surface area contributed by atoms with Crippen molar-refractivity contribution in [2.45, 2.75) is 26.2 Å². The molecule has 2 N–H and O–H groups in total. The summed E-state index contributed by atoms with van der Waals surface area (Å²) in [6, 6.07) is 0. The van der Waals surface area contributed by atoms with Crippen LogP contribution in [0.1, 0.15) is 26.2 Å². The third kappa shape index (κ3) is 1.57. The molecule has 3 nitrogen and oxygen atoms in total. The summed E-state index contributed by atoms with van der Waals surface area (Å²) in [5.74, 6) is 1.78. The van der Waals surface area contributed by atoms with Crippen molar-refractivity contribution in [3.8, 4) is 0 Å². The predicted molar refractivity (Wildman–Crippen MR) is 49.0 cm³/mol. The summed E-state index contributed by atoms with van der Waals surface area (Å²) in [5.41, 5.74) is -0.136. The van der Waals surface area contributed by atoms with Gasteiger partial charge in [-0.05, 0) is 31.1 Å². The third-order valence-corrected chi connectivity index (χ3v) is 3.44. The van der Waals surface area contributed by atoms with Gasteiger partial charge in [0.25, 0.3) is 0 Å². The Morgan fingerprint density at radius 1 is 1.54 bits per heavy atom. The van der Waals surface area contributed by atoms with Crippen LogP contribution in [0.15, 0.2) is 0 Å². The van der Waals surface area contributed by atoms with E-state index in [2.05, 4.69) is 5.32 Å². The van der Waals surface area contributed by atoms with Gasteiger partial charge in [0, 0.05) is 12.0 Å². The van der Waals surface area contributed by atoms with Crippen LogP contribution < -0.4 is 5.32 Å². The lowest BCUT2D eigenvalue weighted by molar-refractivity contribution is -0.130. The number of nitrogens with one attached hydrogen (secondary N) is 1. The van der Waals surface area contributed by atoms with Gasteiger partial charge >= 0.3 is 0 Å². The number of carbonyl (C=O) groups is 1. The molecule has 0 radical (unpaired) electrons. The van der Waals surface area contributed by atoms with Crippen molar-refractivity contribution >= 4 is 5.91 Å². The number of aliphatic hydroxyl groups excluding tert-OH is 1. The number of carbonyl (C=O) groups excluding carboxylic acids is 1. The van der Waals surface area contributed by atoms with E-state index in [1.807, 2.05) is 6.92 Å². The lowest BCUT2D eigenvalue weighted by atomic mass is 9.84. The fourth-order valence-corrected chi connectivity index (χ4v) is 2.62. The van der Waals surface area contributed by atoms with E-state index in [9.17, 15) is 4.79 Å². The molecule has 1 amide bonds. The molecule has 3 heteroatoms. The average Bonchev–Trinajstić information content (AvgIpc) is 2.71. The van der Waals surface area contributed by atoms with Crippen LogP contribution >= 0.6 is 0 Å². The highest BCUT2D eigenvalue weighted by molar-refractivity contribution is 5.82. The number of aliphatic hydroxyl groups is 1. The summed E-state index contributed by atoms with van der Waals surface area (Å²) in [6.45, 7) is 2.48. The molecule has 74 valence electrons. The standard InChI is InChI=1S/C10H17NO2/c1-10(9(13)11-2-3-12)5-7-4-8(7)6-10/h7-8,12H,2-6H2,1H3,(H,11,13). The third-order valence-electron chi connectivity index (χ3n) is 3.44. The highest BCUT2D eigenvalue weighted by Crippen LogP contribution is 2.59. The molecule has 0 aromatic rings. The van der Waals surface area contributed by atoms with E-state index < -0.39 is 0 Å². The van der Waals surface area contributed by atoms with Gasteiger partial charge in [-0.15, -0.1) is 0 Å². The molecule has 2 aliphatic rings. The fourth-order valence-electron chi connectivity index (χ4n) is 2.62. The van der Waals surface area contributed by atoms with Crippen LogP contribution in [0, 0.1) is 17.3 Å². The van der Waals surface area contributed by atoms with E-state index in [0.717, 1.165) is 24.7 Å². The van der Waals surface area contributed by atoms with Crippen molar-refractivity contribution < 1.29 is 9.90 Å². The molecule has 13 heavy (non-hydrogen) atoms. The Hall–Kier alpha value is -0.570. The number of hydrogen-bond donors (Lipinski definition) is 2. The monoisotopic (exact) mass is 183 g/mol. The van der Waals surface area contributed by atoms with Crippen molar-refractivity contribution in [1.29, 1.82) is 0 Å². The number of fused-ring (bicyclic) bond motifs is 1. The maximum atomic E-state index is 11.7. The molecular weight excluding hydrogens is 166 g/mol. The number of amides is 1. The molecule has 0 aromatic heterocycles. The molecule has 2 unspecified atom stereocenters. The van der Waals surface area contributed by atoms with Crippen molar-refractivity contribution in [2.24, 2.45) is 17.3 Å². The Balaban J connectivity index is 1.88. The van der Waals surface area contributed by atoms with Crippen molar-refractivity contribution in [3.63, 3.8) is 0 Å². The minimum Gasteiger partial charge on any atom is -0.395 e. The van der Waals surface area contributed by atoms with Crippen molar-refractivity contribution in [2.75, 3.05) is 13.2 Å². The van der Waals surface area contributed by atoms with Gasteiger partial charge in [-0.1, -0.05) is 6.92 Å². The zero-order valence-corrected chi connectivity index (χ0v) is 8.05. The molecule has 0 aromatic carbocycles. The van der Waals surface area contributed by atoms with E-state index >= 15 is 0 Å². The second kappa shape index (κ2) is 2.98. The molecule has 0 spiro atoms. The molecule has 0 heterocycles. The van der Waals surface area contributed by atoms with Crippen LogP contribution in [0.2, 0.25) is 0 Å². The molecule has 2 saturated carbocycles. The maximum Gasteiger partial charge on any atom is 0.226 e. The van der Waals surface area contributed by atoms with E-state index in [-0.39, 0.29) is 17.9 Å². The van der Waals surface area contributed by atoms with Crippen LogP contribution in [0.5, 0.6) is 0 Å². The van der Waals surface area contributed by atoms with E-state index in [1.165, 1.54) is 6.42 Å². The topological polar surface area (TPSA) is 49.3 Å². The number of rotatable bonds is 3. The van der Waals surface area contributed by atoms with Gasteiger partial charge in [-0.25, -0.2) is 0 Å². The smallest absolute Gasteiger partial charge is 0.226 e. The van der Waals surface area contributed by atoms with E-state index in [0.29, 0.717) is 6.54 Å². The first kappa shape index (κ1) is 9.00. The minimum absolute atomic E-state index is 0.0364. The summed E-state index contributed by atoms with van der Waals surface area (Å²) in [4.78, 5) is 11.7. The normalized spacial score (nSPS) is 41.4. The lowest BCUT2D eigenvalue weighted by Crippen LogP contribution is -2.39. The van der Waals surface area contributed by atoms with Gasteiger partial charge in [0.15, 0.2) is 0 Å². The van der Waals surface area contributed by atoms with Gasteiger partial charge in [0.1, 0.15) is 0 Å². The molecule has 2 rings (SSSR count). The van der Waals surface area contributed by atoms with Gasteiger partial charge in [-0.3, -0.25) is 4.79 Å². The summed E-state index contributed by atoms with van der Waals surface area (Å²) in [6.07, 6.45) is 3.44. The average molecular weight is 183 g/mol. The molecule has 0 bridgehead atoms. The predicted octanol–water partition coefficient (Wildman–Crippen LogP) is 0.531. The van der Waals surface area contributed by atoms with Crippen LogP contribution in [0.25, 0.3) is 0 Å². The molecule has 2 atom stereocenters. The SMILES string of the molecule is CC1(C(=O)NCCO)CC2CC2C1. The maximum absolute atomic E-state index is 11.7. The Morgan fingerprint density at radius 3 is 2.69 bits per heavy atom. The largest absolute Gasteiger partial charge is 0.395 e. The molecule has 0 aliphatic heterocycles. The van der Waals surface area contributed by atoms with Gasteiger partial charge in [0.05, 0.1) is 6.61 Å². The minimum atomic E-state index is -0.136. The van der Waals surface area contributed by atoms with Crippen LogP contribution in [-0.2, 0) is 4.79 Å². The van der Waals surface area contributed by atoms with Crippen LogP contribution in [0.4, 0.5) is 0 Å². The lowest BCUT2D eigenvalue weighted by Gasteiger charge is -2.24. The van der Waals surface area contributed by atoms with Crippen LogP contribution in [-0.4, -0.2) is 24.2 Å². The van der Waals surface area contributed by atoms with Crippen LogP contribution in [0.3, 0.4) is 0 Å². The van der Waals surface area contributed by atoms with Gasteiger partial charge in [0.2, 0.25) is 5.91 Å². The van der Waals surface area contributed by atoms with Gasteiger partial charge in [-0.2, -0.15) is 0 Å². The number of hydrogen-bond acceptors (Lipinski definition) is 2. The van der Waals surface area contributed by atoms with Crippen molar-refractivity contribution in [3.05, 3.63) is 0 Å². The first-order valence-corrected chi connectivity index (χ1v) is 5.05. The Kier molecular flexibility index (Phi) is 2.06. The molecule has 0 saturated heterocycles. The molecular formula is C10H17NO2. The summed E-state index contributed by atoms with van der Waals surface area (Å²) in [7, 11) is 0. The highest BCUT2D eigenvalue weighted by atomic mass is 16.3. The first-order chi connectivity index (χ1) is 6.15. The van der Waals surface area contributed by atoms with E-state index in [4.69, 9.17) is 5.11 Å². The fraction of sp³-hybridized carbons (Fsp3) is 0.900. The summed E-state index contributed by atoms with van der Waals surface area (Å²) in [5, 5.41) is 11.4. The Bertz CT molecular complexity index is 217. The molecule has 2 fully saturated rings.